The topological polar surface area (TPSA) is 26.0 Å². The SMILES string of the molecule is Cc1cccc2c1CC(C)(C)C2(C)N. The highest BCUT2D eigenvalue weighted by Crippen LogP contribution is 2.48. The molecule has 1 aromatic carbocycles. The van der Waals surface area contributed by atoms with Gasteiger partial charge in [0.1, 0.15) is 0 Å². The van der Waals surface area contributed by atoms with Crippen LogP contribution in [0.15, 0.2) is 18.2 Å². The van der Waals surface area contributed by atoms with Crippen molar-refractivity contribution < 1.29 is 0 Å². The highest BCUT2D eigenvalue weighted by molar-refractivity contribution is 5.45. The predicted octanol–water partition coefficient (Wildman–Crippen LogP) is 2.75. The van der Waals surface area contributed by atoms with Crippen molar-refractivity contribution in [2.24, 2.45) is 11.1 Å². The van der Waals surface area contributed by atoms with Gasteiger partial charge in [0, 0.05) is 5.54 Å². The Balaban J connectivity index is 2.66. The summed E-state index contributed by atoms with van der Waals surface area (Å²) in [6.07, 6.45) is 1.10. The fourth-order valence-corrected chi connectivity index (χ4v) is 2.41. The average Bonchev–Trinajstić information content (AvgIpc) is 2.24. The molecule has 1 aliphatic carbocycles. The number of rotatable bonds is 0. The smallest absolute Gasteiger partial charge is 0.0438 e. The van der Waals surface area contributed by atoms with Crippen molar-refractivity contribution in [3.05, 3.63) is 34.9 Å². The monoisotopic (exact) mass is 189 g/mol. The second-order valence-corrected chi connectivity index (χ2v) is 5.36. The van der Waals surface area contributed by atoms with E-state index in [1.807, 2.05) is 0 Å². The molecule has 0 saturated carbocycles. The summed E-state index contributed by atoms with van der Waals surface area (Å²) in [4.78, 5) is 0. The molecule has 0 bridgehead atoms. The van der Waals surface area contributed by atoms with Crippen LogP contribution >= 0.6 is 0 Å². The third-order valence-electron chi connectivity index (χ3n) is 3.99. The summed E-state index contributed by atoms with van der Waals surface area (Å²) < 4.78 is 0. The fourth-order valence-electron chi connectivity index (χ4n) is 2.41. The molecule has 0 saturated heterocycles. The standard InChI is InChI=1S/C13H19N/c1-9-6-5-7-11-10(9)8-12(2,3)13(11,4)14/h5-7H,8,14H2,1-4H3. The molecule has 0 heterocycles. The van der Waals surface area contributed by atoms with Crippen LogP contribution in [0, 0.1) is 12.3 Å². The molecule has 0 fully saturated rings. The minimum Gasteiger partial charge on any atom is -0.321 e. The first kappa shape index (κ1) is 9.72. The van der Waals surface area contributed by atoms with E-state index in [4.69, 9.17) is 5.73 Å². The number of aryl methyl sites for hydroxylation is 1. The molecule has 1 atom stereocenters. The van der Waals surface area contributed by atoms with Gasteiger partial charge in [0.05, 0.1) is 0 Å². The van der Waals surface area contributed by atoms with Crippen LogP contribution in [0.2, 0.25) is 0 Å². The summed E-state index contributed by atoms with van der Waals surface area (Å²) in [7, 11) is 0. The van der Waals surface area contributed by atoms with Gasteiger partial charge in [0.2, 0.25) is 0 Å². The molecule has 0 spiro atoms. The first-order valence-electron chi connectivity index (χ1n) is 5.24. The van der Waals surface area contributed by atoms with E-state index in [1.54, 1.807) is 0 Å². The molecule has 0 amide bonds. The summed E-state index contributed by atoms with van der Waals surface area (Å²) in [5, 5.41) is 0. The number of nitrogens with two attached hydrogens (primary N) is 1. The van der Waals surface area contributed by atoms with Crippen LogP contribution in [0.4, 0.5) is 0 Å². The molecule has 1 aromatic rings. The average molecular weight is 189 g/mol. The van der Waals surface area contributed by atoms with Crippen LogP contribution in [0.1, 0.15) is 37.5 Å². The Labute approximate surface area is 86.3 Å². The van der Waals surface area contributed by atoms with Crippen molar-refractivity contribution in [2.75, 3.05) is 0 Å². The minimum atomic E-state index is -0.186. The molecular formula is C13H19N. The normalized spacial score (nSPS) is 28.9. The number of hydrogen-bond acceptors (Lipinski definition) is 1. The van der Waals surface area contributed by atoms with Gasteiger partial charge < -0.3 is 5.73 Å². The predicted molar refractivity (Wildman–Crippen MR) is 60.2 cm³/mol. The lowest BCUT2D eigenvalue weighted by molar-refractivity contribution is 0.211. The van der Waals surface area contributed by atoms with Crippen molar-refractivity contribution in [3.8, 4) is 0 Å². The largest absolute Gasteiger partial charge is 0.321 e. The zero-order valence-electron chi connectivity index (χ0n) is 9.52. The molecule has 1 nitrogen and oxygen atoms in total. The van der Waals surface area contributed by atoms with Gasteiger partial charge in [-0.25, -0.2) is 0 Å². The van der Waals surface area contributed by atoms with Crippen molar-refractivity contribution in [1.29, 1.82) is 0 Å². The van der Waals surface area contributed by atoms with Crippen molar-refractivity contribution in [1.82, 2.24) is 0 Å². The Morgan fingerprint density at radius 2 is 1.86 bits per heavy atom. The van der Waals surface area contributed by atoms with Gasteiger partial charge >= 0.3 is 0 Å². The lowest BCUT2D eigenvalue weighted by atomic mass is 9.75. The second-order valence-electron chi connectivity index (χ2n) is 5.36. The second kappa shape index (κ2) is 2.60. The molecule has 14 heavy (non-hydrogen) atoms. The lowest BCUT2D eigenvalue weighted by Crippen LogP contribution is -2.43. The summed E-state index contributed by atoms with van der Waals surface area (Å²) in [6, 6.07) is 6.47. The zero-order chi connectivity index (χ0) is 10.6. The molecule has 1 unspecified atom stereocenters. The highest BCUT2D eigenvalue weighted by atomic mass is 14.8. The summed E-state index contributed by atoms with van der Waals surface area (Å²) in [5.74, 6) is 0. The summed E-state index contributed by atoms with van der Waals surface area (Å²) >= 11 is 0. The Kier molecular flexibility index (Phi) is 1.81. The van der Waals surface area contributed by atoms with Gasteiger partial charge in [-0.05, 0) is 42.4 Å². The Morgan fingerprint density at radius 3 is 2.43 bits per heavy atom. The first-order chi connectivity index (χ1) is 6.36. The van der Waals surface area contributed by atoms with E-state index in [0.717, 1.165) is 6.42 Å². The Morgan fingerprint density at radius 1 is 1.21 bits per heavy atom. The van der Waals surface area contributed by atoms with Crippen LogP contribution in [0.25, 0.3) is 0 Å². The third kappa shape index (κ3) is 1.05. The van der Waals surface area contributed by atoms with Crippen molar-refractivity contribution in [2.45, 2.75) is 39.7 Å². The molecular weight excluding hydrogens is 170 g/mol. The molecule has 76 valence electrons. The van der Waals surface area contributed by atoms with Crippen molar-refractivity contribution in [3.63, 3.8) is 0 Å². The molecule has 1 heteroatoms. The fraction of sp³-hybridized carbons (Fsp3) is 0.538. The minimum absolute atomic E-state index is 0.168. The van der Waals surface area contributed by atoms with Gasteiger partial charge in [-0.3, -0.25) is 0 Å². The zero-order valence-corrected chi connectivity index (χ0v) is 9.52. The lowest BCUT2D eigenvalue weighted by Gasteiger charge is -2.35. The maximum absolute atomic E-state index is 6.44. The van der Waals surface area contributed by atoms with Gasteiger partial charge in [-0.2, -0.15) is 0 Å². The molecule has 0 radical (unpaired) electrons. The maximum atomic E-state index is 6.44. The Hall–Kier alpha value is -0.820. The van der Waals surface area contributed by atoms with E-state index >= 15 is 0 Å². The van der Waals surface area contributed by atoms with Gasteiger partial charge in [-0.15, -0.1) is 0 Å². The first-order valence-corrected chi connectivity index (χ1v) is 5.24. The number of fused-ring (bicyclic) bond motifs is 1. The molecule has 2 N–H and O–H groups in total. The molecule has 2 rings (SSSR count). The highest BCUT2D eigenvalue weighted by Gasteiger charge is 2.46. The van der Waals surface area contributed by atoms with Crippen LogP contribution in [-0.2, 0) is 12.0 Å². The number of hydrogen-bond donors (Lipinski definition) is 1. The van der Waals surface area contributed by atoms with E-state index in [1.165, 1.54) is 16.7 Å². The molecule has 0 aliphatic heterocycles. The van der Waals surface area contributed by atoms with E-state index in [2.05, 4.69) is 45.9 Å². The van der Waals surface area contributed by atoms with Crippen LogP contribution < -0.4 is 5.73 Å². The van der Waals surface area contributed by atoms with E-state index in [-0.39, 0.29) is 11.0 Å². The van der Waals surface area contributed by atoms with Gasteiger partial charge in [0.15, 0.2) is 0 Å². The van der Waals surface area contributed by atoms with E-state index < -0.39 is 0 Å². The summed E-state index contributed by atoms with van der Waals surface area (Å²) in [6.45, 7) is 8.84. The molecule has 0 aromatic heterocycles. The maximum Gasteiger partial charge on any atom is 0.0438 e. The summed E-state index contributed by atoms with van der Waals surface area (Å²) in [5.41, 5.74) is 10.6. The number of benzene rings is 1. The molecule has 1 aliphatic rings. The van der Waals surface area contributed by atoms with E-state index in [9.17, 15) is 0 Å². The van der Waals surface area contributed by atoms with Crippen LogP contribution in [0.5, 0.6) is 0 Å². The van der Waals surface area contributed by atoms with E-state index in [0.29, 0.717) is 0 Å². The van der Waals surface area contributed by atoms with Crippen molar-refractivity contribution >= 4 is 0 Å². The van der Waals surface area contributed by atoms with Crippen LogP contribution in [0.3, 0.4) is 0 Å². The third-order valence-corrected chi connectivity index (χ3v) is 3.99. The quantitative estimate of drug-likeness (QED) is 0.667. The Bertz CT molecular complexity index is 375. The van der Waals surface area contributed by atoms with Crippen LogP contribution in [-0.4, -0.2) is 0 Å². The van der Waals surface area contributed by atoms with Gasteiger partial charge in [0.25, 0.3) is 0 Å². The van der Waals surface area contributed by atoms with Gasteiger partial charge in [-0.1, -0.05) is 32.0 Å².